The Morgan fingerprint density at radius 2 is 2.29 bits per heavy atom. The molecule has 4 heteroatoms. The Morgan fingerprint density at radius 3 is 2.93 bits per heavy atom. The highest BCUT2D eigenvalue weighted by Crippen LogP contribution is 2.37. The highest BCUT2D eigenvalue weighted by molar-refractivity contribution is 6.65. The molecule has 0 aliphatic carbocycles. The molecule has 0 fully saturated rings. The van der Waals surface area contributed by atoms with E-state index < -0.39 is 10.8 Å². The molecule has 0 radical (unpaired) electrons. The maximum atomic E-state index is 11.1. The van der Waals surface area contributed by atoms with Gasteiger partial charge in [0.1, 0.15) is 5.75 Å². The Balaban J connectivity index is 2.39. The molecule has 1 aliphatic heterocycles. The molecule has 1 unspecified atom stereocenters. The molecule has 2 rings (SSSR count). The van der Waals surface area contributed by atoms with Crippen LogP contribution in [0.15, 0.2) is 18.2 Å². The second-order valence-electron chi connectivity index (χ2n) is 3.54. The lowest BCUT2D eigenvalue weighted by Gasteiger charge is -2.17. The summed E-state index contributed by atoms with van der Waals surface area (Å²) in [6.07, 6.45) is 0.477. The van der Waals surface area contributed by atoms with Gasteiger partial charge >= 0.3 is 0 Å². The molecule has 2 nitrogen and oxygen atoms in total. The van der Waals surface area contributed by atoms with Crippen molar-refractivity contribution in [1.29, 1.82) is 0 Å². The molecule has 14 heavy (non-hydrogen) atoms. The van der Waals surface area contributed by atoms with E-state index in [1.165, 1.54) is 0 Å². The van der Waals surface area contributed by atoms with Crippen LogP contribution in [0.2, 0.25) is 5.02 Å². The average Bonchev–Trinajstić information content (AvgIpc) is 2.42. The van der Waals surface area contributed by atoms with Crippen LogP contribution in [0.25, 0.3) is 0 Å². The molecule has 0 saturated heterocycles. The summed E-state index contributed by atoms with van der Waals surface area (Å²) in [7, 11) is 0. The number of hydrogen-bond acceptors (Lipinski definition) is 2. The molecule has 1 aromatic rings. The van der Waals surface area contributed by atoms with Gasteiger partial charge in [-0.3, -0.25) is 4.79 Å². The van der Waals surface area contributed by atoms with Gasteiger partial charge in [-0.05, 0) is 36.7 Å². The Bertz CT molecular complexity index is 403. The summed E-state index contributed by atoms with van der Waals surface area (Å²) in [5.41, 5.74) is -0.0109. The number of benzene rings is 1. The SMILES string of the molecule is CC1(C(=O)Cl)Cc2cc(Cl)ccc2O1. The van der Waals surface area contributed by atoms with Crippen molar-refractivity contribution in [3.05, 3.63) is 28.8 Å². The summed E-state index contributed by atoms with van der Waals surface area (Å²) in [6, 6.07) is 5.27. The van der Waals surface area contributed by atoms with Crippen LogP contribution in [0.5, 0.6) is 5.75 Å². The van der Waals surface area contributed by atoms with Crippen molar-refractivity contribution in [3.63, 3.8) is 0 Å². The largest absolute Gasteiger partial charge is 0.478 e. The minimum atomic E-state index is -0.936. The molecule has 0 amide bonds. The molecule has 0 saturated carbocycles. The summed E-state index contributed by atoms with van der Waals surface area (Å²) in [6.45, 7) is 1.68. The van der Waals surface area contributed by atoms with Crippen LogP contribution in [-0.4, -0.2) is 10.8 Å². The summed E-state index contributed by atoms with van der Waals surface area (Å²) in [5, 5.41) is 0.156. The molecule has 1 aliphatic rings. The molecule has 0 N–H and O–H groups in total. The molecule has 0 spiro atoms. The van der Waals surface area contributed by atoms with Crippen LogP contribution < -0.4 is 4.74 Å². The lowest BCUT2D eigenvalue weighted by atomic mass is 10.0. The van der Waals surface area contributed by atoms with Gasteiger partial charge in [-0.1, -0.05) is 11.6 Å². The predicted octanol–water partition coefficient (Wildman–Crippen LogP) is 2.80. The van der Waals surface area contributed by atoms with E-state index >= 15 is 0 Å². The molecule has 1 atom stereocenters. The fourth-order valence-corrected chi connectivity index (χ4v) is 1.84. The number of hydrogen-bond donors (Lipinski definition) is 0. The summed E-state index contributed by atoms with van der Waals surface area (Å²) < 4.78 is 5.47. The van der Waals surface area contributed by atoms with Crippen molar-refractivity contribution in [2.24, 2.45) is 0 Å². The summed E-state index contributed by atoms with van der Waals surface area (Å²) in [5.74, 6) is 0.686. The van der Waals surface area contributed by atoms with Crippen molar-refractivity contribution in [2.45, 2.75) is 18.9 Å². The lowest BCUT2D eigenvalue weighted by molar-refractivity contribution is -0.123. The zero-order valence-corrected chi connectivity index (χ0v) is 9.02. The minimum Gasteiger partial charge on any atom is -0.478 e. The fraction of sp³-hybridized carbons (Fsp3) is 0.300. The first kappa shape index (κ1) is 9.81. The van der Waals surface area contributed by atoms with Gasteiger partial charge in [0.15, 0.2) is 5.60 Å². The number of fused-ring (bicyclic) bond motifs is 1. The van der Waals surface area contributed by atoms with Gasteiger partial charge in [0.2, 0.25) is 0 Å². The minimum absolute atomic E-state index is 0.477. The normalized spacial score (nSPS) is 24.2. The van der Waals surface area contributed by atoms with Crippen LogP contribution in [0.1, 0.15) is 12.5 Å². The average molecular weight is 231 g/mol. The molecule has 0 aromatic heterocycles. The van der Waals surface area contributed by atoms with E-state index in [0.717, 1.165) is 5.56 Å². The maximum absolute atomic E-state index is 11.1. The van der Waals surface area contributed by atoms with Gasteiger partial charge in [-0.2, -0.15) is 0 Å². The fourth-order valence-electron chi connectivity index (χ4n) is 1.54. The van der Waals surface area contributed by atoms with Gasteiger partial charge in [0, 0.05) is 17.0 Å². The standard InChI is InChI=1S/C10H8Cl2O2/c1-10(9(12)13)5-6-4-7(11)2-3-8(6)14-10/h2-4H,5H2,1H3. The number of carbonyl (C=O) groups is 1. The zero-order valence-electron chi connectivity index (χ0n) is 7.51. The first-order chi connectivity index (χ1) is 6.51. The zero-order chi connectivity index (χ0) is 10.3. The molecule has 1 aromatic carbocycles. The van der Waals surface area contributed by atoms with Gasteiger partial charge < -0.3 is 4.74 Å². The van der Waals surface area contributed by atoms with Crippen LogP contribution in [0.4, 0.5) is 0 Å². The van der Waals surface area contributed by atoms with Crippen molar-refractivity contribution >= 4 is 28.4 Å². The van der Waals surface area contributed by atoms with E-state index in [1.54, 1.807) is 25.1 Å². The van der Waals surface area contributed by atoms with E-state index in [9.17, 15) is 4.79 Å². The summed E-state index contributed by atoms with van der Waals surface area (Å²) in [4.78, 5) is 11.1. The molecule has 0 bridgehead atoms. The number of halogens is 2. The second-order valence-corrected chi connectivity index (χ2v) is 4.32. The number of ether oxygens (including phenoxy) is 1. The van der Waals surface area contributed by atoms with Gasteiger partial charge in [0.25, 0.3) is 5.24 Å². The van der Waals surface area contributed by atoms with Crippen molar-refractivity contribution in [3.8, 4) is 5.75 Å². The lowest BCUT2D eigenvalue weighted by Crippen LogP contribution is -2.36. The predicted molar refractivity (Wildman–Crippen MR) is 55.0 cm³/mol. The third kappa shape index (κ3) is 1.49. The number of rotatable bonds is 1. The smallest absolute Gasteiger partial charge is 0.265 e. The first-order valence-electron chi connectivity index (χ1n) is 4.19. The highest BCUT2D eigenvalue weighted by atomic mass is 35.5. The summed E-state index contributed by atoms with van der Waals surface area (Å²) >= 11 is 11.3. The van der Waals surface area contributed by atoms with Crippen LogP contribution in [0.3, 0.4) is 0 Å². The second kappa shape index (κ2) is 3.14. The third-order valence-electron chi connectivity index (χ3n) is 2.30. The van der Waals surface area contributed by atoms with Crippen molar-refractivity contribution in [2.75, 3.05) is 0 Å². The van der Waals surface area contributed by atoms with Gasteiger partial charge in [-0.25, -0.2) is 0 Å². The van der Waals surface area contributed by atoms with Crippen molar-refractivity contribution < 1.29 is 9.53 Å². The van der Waals surface area contributed by atoms with E-state index in [4.69, 9.17) is 27.9 Å². The van der Waals surface area contributed by atoms with E-state index in [2.05, 4.69) is 0 Å². The van der Waals surface area contributed by atoms with E-state index in [0.29, 0.717) is 17.2 Å². The highest BCUT2D eigenvalue weighted by Gasteiger charge is 2.40. The topological polar surface area (TPSA) is 26.3 Å². The Kier molecular flexibility index (Phi) is 2.20. The number of carbonyl (C=O) groups excluding carboxylic acids is 1. The maximum Gasteiger partial charge on any atom is 0.265 e. The molecule has 74 valence electrons. The van der Waals surface area contributed by atoms with Crippen LogP contribution >= 0.6 is 23.2 Å². The Hall–Kier alpha value is -0.730. The van der Waals surface area contributed by atoms with Crippen LogP contribution in [0, 0.1) is 0 Å². The Labute approximate surface area is 91.8 Å². The first-order valence-corrected chi connectivity index (χ1v) is 4.94. The van der Waals surface area contributed by atoms with Gasteiger partial charge in [0.05, 0.1) is 0 Å². The molecule has 1 heterocycles. The van der Waals surface area contributed by atoms with E-state index in [1.807, 2.05) is 0 Å². The Morgan fingerprint density at radius 1 is 1.57 bits per heavy atom. The third-order valence-corrected chi connectivity index (χ3v) is 2.94. The quantitative estimate of drug-likeness (QED) is 0.694. The van der Waals surface area contributed by atoms with Gasteiger partial charge in [-0.15, -0.1) is 0 Å². The van der Waals surface area contributed by atoms with Crippen molar-refractivity contribution in [1.82, 2.24) is 0 Å². The molecular formula is C10H8Cl2O2. The molecular weight excluding hydrogens is 223 g/mol. The van der Waals surface area contributed by atoms with E-state index in [-0.39, 0.29) is 0 Å². The monoisotopic (exact) mass is 230 g/mol. The van der Waals surface area contributed by atoms with Crippen LogP contribution in [-0.2, 0) is 11.2 Å².